The van der Waals surface area contributed by atoms with E-state index in [4.69, 9.17) is 10.3 Å². The lowest BCUT2D eigenvalue weighted by Gasteiger charge is -2.00. The van der Waals surface area contributed by atoms with Crippen LogP contribution >= 0.6 is 0 Å². The van der Waals surface area contributed by atoms with E-state index in [1.165, 1.54) is 0 Å². The Morgan fingerprint density at radius 3 is 3.06 bits per heavy atom. The molecule has 0 unspecified atom stereocenters. The lowest BCUT2D eigenvalue weighted by atomic mass is 10.2. The second-order valence-electron chi connectivity index (χ2n) is 3.63. The molecule has 2 heterocycles. The molecule has 0 aliphatic heterocycles. The number of nitrogens with zero attached hydrogens (tertiary/aromatic N) is 6. The van der Waals surface area contributed by atoms with Crippen molar-refractivity contribution < 1.29 is 4.74 Å². The zero-order valence-corrected chi connectivity index (χ0v) is 9.95. The molecule has 0 saturated heterocycles. The fraction of sp³-hybridized carbons (Fsp3) is 0.273. The number of aromatic nitrogens is 2. The third-order valence-corrected chi connectivity index (χ3v) is 2.75. The van der Waals surface area contributed by atoms with Crippen molar-refractivity contribution in [1.82, 2.24) is 9.55 Å². The normalized spacial score (nSPS) is 9.83. The molecule has 0 aliphatic carbocycles. The van der Waals surface area contributed by atoms with Crippen LogP contribution in [0.4, 0.5) is 0 Å². The van der Waals surface area contributed by atoms with Gasteiger partial charge in [0, 0.05) is 23.0 Å². The highest BCUT2D eigenvalue weighted by Gasteiger charge is 2.15. The van der Waals surface area contributed by atoms with Crippen LogP contribution in [0, 0.1) is 11.3 Å². The molecule has 18 heavy (non-hydrogen) atoms. The van der Waals surface area contributed by atoms with Crippen LogP contribution in [0.2, 0.25) is 0 Å². The lowest BCUT2D eigenvalue weighted by Crippen LogP contribution is -1.97. The molecule has 7 heteroatoms. The summed E-state index contributed by atoms with van der Waals surface area (Å²) in [6.07, 6.45) is 1.58. The number of azide groups is 1. The number of nitriles is 1. The summed E-state index contributed by atoms with van der Waals surface area (Å²) in [4.78, 5) is 6.95. The van der Waals surface area contributed by atoms with Gasteiger partial charge in [0.25, 0.3) is 0 Å². The third-order valence-electron chi connectivity index (χ3n) is 2.75. The number of hydrogen-bond acceptors (Lipinski definition) is 4. The molecule has 0 amide bonds. The maximum atomic E-state index is 9.23. The molecule has 0 aromatic carbocycles. The molecule has 2 rings (SSSR count). The monoisotopic (exact) mass is 242 g/mol. The van der Waals surface area contributed by atoms with Gasteiger partial charge in [-0.05, 0) is 11.6 Å². The van der Waals surface area contributed by atoms with Gasteiger partial charge >= 0.3 is 0 Å². The zero-order valence-electron chi connectivity index (χ0n) is 9.95. The molecule has 0 radical (unpaired) electrons. The second kappa shape index (κ2) is 4.65. The smallest absolute Gasteiger partial charge is 0.141 e. The van der Waals surface area contributed by atoms with Crippen molar-refractivity contribution in [2.24, 2.45) is 12.2 Å². The van der Waals surface area contributed by atoms with E-state index in [9.17, 15) is 5.26 Å². The number of hydrogen-bond donors (Lipinski definition) is 0. The highest BCUT2D eigenvalue weighted by Crippen LogP contribution is 2.26. The Labute approximate surface area is 103 Å². The molecule has 2 aromatic heterocycles. The fourth-order valence-electron chi connectivity index (χ4n) is 1.86. The molecule has 0 aliphatic rings. The number of rotatable bonds is 3. The molecule has 7 nitrogen and oxygen atoms in total. The number of fused-ring (bicyclic) bond motifs is 1. The van der Waals surface area contributed by atoms with Gasteiger partial charge in [0.1, 0.15) is 17.5 Å². The summed E-state index contributed by atoms with van der Waals surface area (Å²) in [6.45, 7) is 0.120. The Morgan fingerprint density at radius 1 is 1.67 bits per heavy atom. The molecule has 0 saturated carbocycles. The van der Waals surface area contributed by atoms with E-state index < -0.39 is 0 Å². The van der Waals surface area contributed by atoms with Crippen molar-refractivity contribution in [3.8, 4) is 11.8 Å². The molecule has 2 aromatic rings. The van der Waals surface area contributed by atoms with Crippen molar-refractivity contribution in [2.75, 3.05) is 7.11 Å². The molecule has 0 fully saturated rings. The minimum atomic E-state index is 0.120. The summed E-state index contributed by atoms with van der Waals surface area (Å²) in [6, 6.07) is 3.87. The maximum Gasteiger partial charge on any atom is 0.141 e. The number of methoxy groups -OCH3 is 1. The zero-order chi connectivity index (χ0) is 13.1. The van der Waals surface area contributed by atoms with E-state index in [-0.39, 0.29) is 6.54 Å². The fourth-order valence-corrected chi connectivity index (χ4v) is 1.86. The van der Waals surface area contributed by atoms with E-state index in [0.717, 1.165) is 0 Å². The first-order valence-electron chi connectivity index (χ1n) is 5.15. The van der Waals surface area contributed by atoms with Crippen LogP contribution in [0.5, 0.6) is 5.75 Å². The molecule has 90 valence electrons. The van der Waals surface area contributed by atoms with Gasteiger partial charge in [-0.2, -0.15) is 5.26 Å². The predicted octanol–water partition coefficient (Wildman–Crippen LogP) is 2.26. The number of ether oxygens (including phenoxy) is 1. The predicted molar refractivity (Wildman–Crippen MR) is 64.8 cm³/mol. The average Bonchev–Trinajstić information content (AvgIpc) is 2.68. The van der Waals surface area contributed by atoms with E-state index in [2.05, 4.69) is 21.1 Å². The second-order valence-corrected chi connectivity index (χ2v) is 3.63. The van der Waals surface area contributed by atoms with Gasteiger partial charge in [-0.1, -0.05) is 5.11 Å². The minimum absolute atomic E-state index is 0.120. The Morgan fingerprint density at radius 2 is 2.44 bits per heavy atom. The first-order valence-corrected chi connectivity index (χ1v) is 5.15. The van der Waals surface area contributed by atoms with Crippen LogP contribution in [-0.4, -0.2) is 16.7 Å². The number of pyridine rings is 1. The van der Waals surface area contributed by atoms with Gasteiger partial charge in [-0.15, -0.1) is 0 Å². The topological polar surface area (TPSA) is 99.6 Å². The van der Waals surface area contributed by atoms with Crippen molar-refractivity contribution in [3.05, 3.63) is 34.0 Å². The average molecular weight is 242 g/mol. The Bertz CT molecular complexity index is 690. The third kappa shape index (κ3) is 1.71. The van der Waals surface area contributed by atoms with Gasteiger partial charge in [-0.3, -0.25) is 0 Å². The van der Waals surface area contributed by atoms with Gasteiger partial charge in [0.05, 0.1) is 25.4 Å². The molecule has 0 atom stereocenters. The Hall–Kier alpha value is -2.71. The van der Waals surface area contributed by atoms with Gasteiger partial charge in [-0.25, -0.2) is 4.98 Å². The first kappa shape index (κ1) is 11.8. The Balaban J connectivity index is 2.75. The van der Waals surface area contributed by atoms with Crippen LogP contribution < -0.4 is 4.74 Å². The first-order chi connectivity index (χ1) is 8.72. The quantitative estimate of drug-likeness (QED) is 0.468. The van der Waals surface area contributed by atoms with Crippen molar-refractivity contribution in [1.29, 1.82) is 5.26 Å². The highest BCUT2D eigenvalue weighted by molar-refractivity contribution is 5.86. The standard InChI is InChI=1S/C11H10N6O/c1-17-10(6-15-16-13)9(4-12)8-3-7(18-2)5-14-11(8)17/h3,5H,6H2,1-2H3. The van der Waals surface area contributed by atoms with Crippen LogP contribution in [0.3, 0.4) is 0 Å². The summed E-state index contributed by atoms with van der Waals surface area (Å²) in [5.41, 5.74) is 10.1. The molecule has 0 N–H and O–H groups in total. The van der Waals surface area contributed by atoms with E-state index in [1.54, 1.807) is 31.0 Å². The highest BCUT2D eigenvalue weighted by atomic mass is 16.5. The minimum Gasteiger partial charge on any atom is -0.495 e. The van der Waals surface area contributed by atoms with Gasteiger partial charge < -0.3 is 9.30 Å². The van der Waals surface area contributed by atoms with Crippen molar-refractivity contribution in [3.63, 3.8) is 0 Å². The van der Waals surface area contributed by atoms with E-state index in [0.29, 0.717) is 28.0 Å². The lowest BCUT2D eigenvalue weighted by molar-refractivity contribution is 0.413. The SMILES string of the molecule is COc1cnc2c(c1)c(C#N)c(CN=[N+]=[N-])n2C. The maximum absolute atomic E-state index is 9.23. The van der Waals surface area contributed by atoms with Crippen LogP contribution in [-0.2, 0) is 13.6 Å². The molecule has 0 bridgehead atoms. The van der Waals surface area contributed by atoms with Gasteiger partial charge in [0.2, 0.25) is 0 Å². The van der Waals surface area contributed by atoms with Crippen LogP contribution in [0.25, 0.3) is 21.5 Å². The summed E-state index contributed by atoms with van der Waals surface area (Å²) in [5, 5.41) is 13.4. The van der Waals surface area contributed by atoms with Crippen LogP contribution in [0.15, 0.2) is 17.4 Å². The molecular weight excluding hydrogens is 232 g/mol. The molecular formula is C11H10N6O. The van der Waals surface area contributed by atoms with Crippen molar-refractivity contribution in [2.45, 2.75) is 6.54 Å². The summed E-state index contributed by atoms with van der Waals surface area (Å²) < 4.78 is 6.84. The van der Waals surface area contributed by atoms with Crippen molar-refractivity contribution >= 4 is 11.0 Å². The largest absolute Gasteiger partial charge is 0.495 e. The summed E-state index contributed by atoms with van der Waals surface area (Å²) >= 11 is 0. The number of aryl methyl sites for hydroxylation is 1. The van der Waals surface area contributed by atoms with Crippen LogP contribution in [0.1, 0.15) is 11.3 Å². The summed E-state index contributed by atoms with van der Waals surface area (Å²) in [7, 11) is 3.32. The van der Waals surface area contributed by atoms with Gasteiger partial charge in [0.15, 0.2) is 0 Å². The molecule has 0 spiro atoms. The Kier molecular flexibility index (Phi) is 3.04. The van der Waals surface area contributed by atoms with E-state index in [1.807, 2.05) is 0 Å². The summed E-state index contributed by atoms with van der Waals surface area (Å²) in [5.74, 6) is 0.583. The van der Waals surface area contributed by atoms with E-state index >= 15 is 0 Å².